The largest absolute Gasteiger partial charge is 0.445 e. The number of carbonyl (C=O) groups is 1. The Morgan fingerprint density at radius 2 is 2.12 bits per heavy atom. The van der Waals surface area contributed by atoms with Crippen LogP contribution in [0.3, 0.4) is 0 Å². The van der Waals surface area contributed by atoms with Gasteiger partial charge in [-0.15, -0.1) is 0 Å². The highest BCUT2D eigenvalue weighted by Gasteiger charge is 2.03. The third-order valence-corrected chi connectivity index (χ3v) is 3.14. The third-order valence-electron chi connectivity index (χ3n) is 2.37. The molecule has 0 saturated carbocycles. The van der Waals surface area contributed by atoms with E-state index in [4.69, 9.17) is 4.74 Å². The van der Waals surface area contributed by atoms with Gasteiger partial charge < -0.3 is 10.1 Å². The minimum absolute atomic E-state index is 0.293. The quantitative estimate of drug-likeness (QED) is 0.810. The molecule has 0 spiro atoms. The summed E-state index contributed by atoms with van der Waals surface area (Å²) in [7, 11) is 0. The molecule has 3 nitrogen and oxygen atoms in total. The molecule has 0 aliphatic rings. The summed E-state index contributed by atoms with van der Waals surface area (Å²) in [6.07, 6.45) is 2.93. The molecule has 1 aromatic carbocycles. The number of hydrogen-bond acceptors (Lipinski definition) is 2. The second kappa shape index (κ2) is 8.12. The molecule has 0 aliphatic heterocycles. The molecule has 1 rings (SSSR count). The van der Waals surface area contributed by atoms with Crippen LogP contribution in [0, 0.1) is 0 Å². The molecule has 1 amide bonds. The van der Waals surface area contributed by atoms with Gasteiger partial charge in [-0.25, -0.2) is 4.79 Å². The van der Waals surface area contributed by atoms with Crippen LogP contribution in [0.15, 0.2) is 28.7 Å². The van der Waals surface area contributed by atoms with Crippen molar-refractivity contribution in [1.29, 1.82) is 0 Å². The molecule has 94 valence electrons. The molecule has 0 unspecified atom stereocenters. The van der Waals surface area contributed by atoms with Crippen LogP contribution in [-0.2, 0) is 11.3 Å². The van der Waals surface area contributed by atoms with E-state index in [1.807, 2.05) is 24.3 Å². The number of unbranched alkanes of at least 4 members (excludes halogenated alkanes) is 2. The van der Waals surface area contributed by atoms with Crippen LogP contribution in [0.4, 0.5) is 4.79 Å². The first-order valence-electron chi connectivity index (χ1n) is 5.88. The average Bonchev–Trinajstić information content (AvgIpc) is 2.34. The fourth-order valence-electron chi connectivity index (χ4n) is 1.38. The van der Waals surface area contributed by atoms with Crippen molar-refractivity contribution < 1.29 is 9.53 Å². The van der Waals surface area contributed by atoms with Crippen LogP contribution in [0.25, 0.3) is 0 Å². The Morgan fingerprint density at radius 1 is 1.35 bits per heavy atom. The number of rotatable bonds is 6. The second-order valence-electron chi connectivity index (χ2n) is 3.80. The van der Waals surface area contributed by atoms with Gasteiger partial charge in [-0.3, -0.25) is 0 Å². The van der Waals surface area contributed by atoms with Crippen LogP contribution in [0.2, 0.25) is 0 Å². The second-order valence-corrected chi connectivity index (χ2v) is 4.66. The first kappa shape index (κ1) is 14.0. The fourth-order valence-corrected chi connectivity index (χ4v) is 1.77. The normalized spacial score (nSPS) is 10.0. The van der Waals surface area contributed by atoms with Crippen molar-refractivity contribution in [2.45, 2.75) is 32.8 Å². The van der Waals surface area contributed by atoms with Crippen molar-refractivity contribution in [1.82, 2.24) is 5.32 Å². The Morgan fingerprint density at radius 3 is 2.82 bits per heavy atom. The maximum Gasteiger partial charge on any atom is 0.407 e. The zero-order chi connectivity index (χ0) is 12.5. The molecule has 0 aliphatic carbocycles. The van der Waals surface area contributed by atoms with Crippen molar-refractivity contribution in [2.75, 3.05) is 6.54 Å². The Bertz CT molecular complexity index is 355. The Hall–Kier alpha value is -1.03. The van der Waals surface area contributed by atoms with Gasteiger partial charge >= 0.3 is 6.09 Å². The molecular formula is C13H18BrNO2. The molecule has 0 heterocycles. The van der Waals surface area contributed by atoms with E-state index in [1.165, 1.54) is 0 Å². The summed E-state index contributed by atoms with van der Waals surface area (Å²) in [5.74, 6) is 0. The SMILES string of the molecule is CCCCCNC(=O)OCc1ccccc1Br. The zero-order valence-corrected chi connectivity index (χ0v) is 11.6. The first-order chi connectivity index (χ1) is 8.24. The number of ether oxygens (including phenoxy) is 1. The molecule has 17 heavy (non-hydrogen) atoms. The predicted octanol–water partition coefficient (Wildman–Crippen LogP) is 3.87. The van der Waals surface area contributed by atoms with Crippen LogP contribution in [0.5, 0.6) is 0 Å². The summed E-state index contributed by atoms with van der Waals surface area (Å²) in [6, 6.07) is 7.70. The van der Waals surface area contributed by atoms with E-state index >= 15 is 0 Å². The van der Waals surface area contributed by atoms with E-state index in [2.05, 4.69) is 28.2 Å². The molecule has 0 bridgehead atoms. The Labute approximate surface area is 111 Å². The first-order valence-corrected chi connectivity index (χ1v) is 6.67. The van der Waals surface area contributed by atoms with Crippen molar-refractivity contribution >= 4 is 22.0 Å². The molecule has 0 fully saturated rings. The average molecular weight is 300 g/mol. The van der Waals surface area contributed by atoms with Gasteiger partial charge in [0.25, 0.3) is 0 Å². The lowest BCUT2D eigenvalue weighted by Gasteiger charge is -2.07. The van der Waals surface area contributed by atoms with Crippen LogP contribution < -0.4 is 5.32 Å². The van der Waals surface area contributed by atoms with Crippen LogP contribution in [-0.4, -0.2) is 12.6 Å². The molecule has 4 heteroatoms. The van der Waals surface area contributed by atoms with E-state index in [0.717, 1.165) is 29.3 Å². The van der Waals surface area contributed by atoms with Gasteiger partial charge in [-0.05, 0) is 12.5 Å². The van der Waals surface area contributed by atoms with E-state index in [9.17, 15) is 4.79 Å². The van der Waals surface area contributed by atoms with Gasteiger partial charge in [-0.1, -0.05) is 53.9 Å². The number of hydrogen-bond donors (Lipinski definition) is 1. The minimum atomic E-state index is -0.350. The molecule has 0 aromatic heterocycles. The minimum Gasteiger partial charge on any atom is -0.445 e. The van der Waals surface area contributed by atoms with Gasteiger partial charge in [-0.2, -0.15) is 0 Å². The topological polar surface area (TPSA) is 38.3 Å². The number of nitrogens with one attached hydrogen (secondary N) is 1. The lowest BCUT2D eigenvalue weighted by molar-refractivity contribution is 0.139. The van der Waals surface area contributed by atoms with Gasteiger partial charge in [0.1, 0.15) is 6.61 Å². The summed E-state index contributed by atoms with van der Waals surface area (Å²) >= 11 is 3.41. The number of alkyl carbamates (subject to hydrolysis) is 1. The maximum absolute atomic E-state index is 11.3. The number of benzene rings is 1. The number of amides is 1. The van der Waals surface area contributed by atoms with Gasteiger partial charge in [0.2, 0.25) is 0 Å². The van der Waals surface area contributed by atoms with Gasteiger partial charge in [0, 0.05) is 16.6 Å². The van der Waals surface area contributed by atoms with E-state index in [1.54, 1.807) is 0 Å². The zero-order valence-electron chi connectivity index (χ0n) is 10.0. The highest BCUT2D eigenvalue weighted by atomic mass is 79.9. The third kappa shape index (κ3) is 5.73. The van der Waals surface area contributed by atoms with Crippen LogP contribution in [0.1, 0.15) is 31.7 Å². The summed E-state index contributed by atoms with van der Waals surface area (Å²) in [4.78, 5) is 11.3. The number of halogens is 1. The summed E-state index contributed by atoms with van der Waals surface area (Å²) in [5, 5.41) is 2.73. The monoisotopic (exact) mass is 299 g/mol. The molecule has 1 aromatic rings. The standard InChI is InChI=1S/C13H18BrNO2/c1-2-3-6-9-15-13(16)17-10-11-7-4-5-8-12(11)14/h4-5,7-8H,2-3,6,9-10H2,1H3,(H,15,16). The maximum atomic E-state index is 11.3. The predicted molar refractivity (Wildman–Crippen MR) is 71.9 cm³/mol. The van der Waals surface area contributed by atoms with Crippen molar-refractivity contribution in [2.24, 2.45) is 0 Å². The Kier molecular flexibility index (Phi) is 6.70. The highest BCUT2D eigenvalue weighted by Crippen LogP contribution is 2.16. The van der Waals surface area contributed by atoms with E-state index in [-0.39, 0.29) is 6.09 Å². The van der Waals surface area contributed by atoms with Crippen molar-refractivity contribution in [3.63, 3.8) is 0 Å². The van der Waals surface area contributed by atoms with Crippen LogP contribution >= 0.6 is 15.9 Å². The summed E-state index contributed by atoms with van der Waals surface area (Å²) in [6.45, 7) is 3.11. The number of carbonyl (C=O) groups excluding carboxylic acids is 1. The smallest absolute Gasteiger partial charge is 0.407 e. The summed E-state index contributed by atoms with van der Waals surface area (Å²) in [5.41, 5.74) is 0.969. The molecule has 1 N–H and O–H groups in total. The van der Waals surface area contributed by atoms with Crippen molar-refractivity contribution in [3.05, 3.63) is 34.3 Å². The Balaban J connectivity index is 2.22. The van der Waals surface area contributed by atoms with Crippen molar-refractivity contribution in [3.8, 4) is 0 Å². The molecule has 0 radical (unpaired) electrons. The highest BCUT2D eigenvalue weighted by molar-refractivity contribution is 9.10. The van der Waals surface area contributed by atoms with E-state index < -0.39 is 0 Å². The summed E-state index contributed by atoms with van der Waals surface area (Å²) < 4.78 is 6.07. The lowest BCUT2D eigenvalue weighted by atomic mass is 10.2. The lowest BCUT2D eigenvalue weighted by Crippen LogP contribution is -2.25. The van der Waals surface area contributed by atoms with Gasteiger partial charge in [0.15, 0.2) is 0 Å². The fraction of sp³-hybridized carbons (Fsp3) is 0.462. The molecular weight excluding hydrogens is 282 g/mol. The van der Waals surface area contributed by atoms with E-state index in [0.29, 0.717) is 13.2 Å². The van der Waals surface area contributed by atoms with Gasteiger partial charge in [0.05, 0.1) is 0 Å². The molecule has 0 saturated heterocycles. The molecule has 0 atom stereocenters.